The number of carbonyl (C=O) groups is 3. The van der Waals surface area contributed by atoms with E-state index in [1.807, 2.05) is 0 Å². The SMILES string of the molecule is CC1CC(O)C(=O)C(=O)CCc2c(Cl)c(O)cc(O)c2C(=O)O[C@@H](C)C1. The standard InChI is InChI=1S/C18H21ClO7/c1-8-5-9(2)26-18(25)15-10(16(19)13(22)7-12(15)21)3-4-11(20)17(24)14(23)6-8/h7-9,14,21-23H,3-6H2,1-2H3/t8?,9-,14?/m0/s1. The van der Waals surface area contributed by atoms with Crippen molar-refractivity contribution in [3.63, 3.8) is 0 Å². The van der Waals surface area contributed by atoms with Gasteiger partial charge in [0.1, 0.15) is 23.2 Å². The Bertz CT molecular complexity index is 744. The van der Waals surface area contributed by atoms with Crippen molar-refractivity contribution in [3.8, 4) is 11.5 Å². The molecule has 1 aromatic rings. The summed E-state index contributed by atoms with van der Waals surface area (Å²) in [5, 5.41) is 29.6. The molecule has 1 aliphatic rings. The van der Waals surface area contributed by atoms with E-state index < -0.39 is 41.2 Å². The van der Waals surface area contributed by atoms with Crippen LogP contribution < -0.4 is 0 Å². The lowest BCUT2D eigenvalue weighted by Crippen LogP contribution is -2.30. The molecule has 1 aliphatic heterocycles. The number of rotatable bonds is 0. The van der Waals surface area contributed by atoms with Gasteiger partial charge in [-0.15, -0.1) is 0 Å². The van der Waals surface area contributed by atoms with Gasteiger partial charge in [-0.2, -0.15) is 0 Å². The molecule has 7 nitrogen and oxygen atoms in total. The minimum absolute atomic E-state index is 0.0179. The second kappa shape index (κ2) is 8.05. The molecule has 0 amide bonds. The molecular weight excluding hydrogens is 364 g/mol. The third-order valence-electron chi connectivity index (χ3n) is 4.37. The first-order valence-electron chi connectivity index (χ1n) is 8.31. The molecule has 0 saturated carbocycles. The van der Waals surface area contributed by atoms with Gasteiger partial charge in [0.05, 0.1) is 11.1 Å². The van der Waals surface area contributed by atoms with Gasteiger partial charge < -0.3 is 20.1 Å². The Morgan fingerprint density at radius 3 is 2.38 bits per heavy atom. The summed E-state index contributed by atoms with van der Waals surface area (Å²) in [6.07, 6.45) is -2.06. The van der Waals surface area contributed by atoms with Crippen LogP contribution in [0.1, 0.15) is 49.0 Å². The number of cyclic esters (lactones) is 1. The number of ketones is 2. The van der Waals surface area contributed by atoms with Gasteiger partial charge in [-0.05, 0) is 37.7 Å². The maximum atomic E-state index is 12.5. The fourth-order valence-electron chi connectivity index (χ4n) is 3.13. The van der Waals surface area contributed by atoms with E-state index in [0.717, 1.165) is 6.07 Å². The van der Waals surface area contributed by atoms with Gasteiger partial charge in [-0.25, -0.2) is 4.79 Å². The molecule has 3 N–H and O–H groups in total. The number of aromatic hydroxyl groups is 2. The molecule has 0 radical (unpaired) electrons. The number of hydrogen-bond donors (Lipinski definition) is 3. The highest BCUT2D eigenvalue weighted by Gasteiger charge is 2.30. The molecule has 0 spiro atoms. The molecule has 0 bridgehead atoms. The summed E-state index contributed by atoms with van der Waals surface area (Å²) in [7, 11) is 0. The van der Waals surface area contributed by atoms with Crippen LogP contribution in [0.5, 0.6) is 11.5 Å². The van der Waals surface area contributed by atoms with E-state index in [2.05, 4.69) is 0 Å². The van der Waals surface area contributed by atoms with E-state index >= 15 is 0 Å². The van der Waals surface area contributed by atoms with Crippen molar-refractivity contribution in [1.82, 2.24) is 0 Å². The zero-order valence-corrected chi connectivity index (χ0v) is 15.2. The Balaban J connectivity index is 2.49. The Labute approximate surface area is 155 Å². The molecule has 0 aromatic heterocycles. The van der Waals surface area contributed by atoms with Crippen molar-refractivity contribution in [2.45, 2.75) is 51.7 Å². The predicted octanol–water partition coefficient (Wildman–Crippen LogP) is 2.16. The topological polar surface area (TPSA) is 121 Å². The summed E-state index contributed by atoms with van der Waals surface area (Å²) < 4.78 is 5.33. The summed E-state index contributed by atoms with van der Waals surface area (Å²) in [5.41, 5.74) is -0.225. The Morgan fingerprint density at radius 2 is 1.73 bits per heavy atom. The quantitative estimate of drug-likeness (QED) is 0.463. The molecule has 2 rings (SSSR count). The van der Waals surface area contributed by atoms with E-state index in [9.17, 15) is 29.7 Å². The van der Waals surface area contributed by atoms with Crippen LogP contribution in [0.15, 0.2) is 6.07 Å². The lowest BCUT2D eigenvalue weighted by molar-refractivity contribution is -0.142. The number of phenolic OH excluding ortho intramolecular Hbond substituents is 2. The van der Waals surface area contributed by atoms with Crippen LogP contribution in [0.3, 0.4) is 0 Å². The normalized spacial score (nSPS) is 25.5. The highest BCUT2D eigenvalue weighted by atomic mass is 35.5. The van der Waals surface area contributed by atoms with E-state index in [1.54, 1.807) is 13.8 Å². The molecule has 8 heteroatoms. The zero-order chi connectivity index (χ0) is 19.6. The van der Waals surface area contributed by atoms with E-state index in [0.29, 0.717) is 6.42 Å². The second-order valence-electron chi connectivity index (χ2n) is 6.68. The molecule has 26 heavy (non-hydrogen) atoms. The number of phenols is 2. The van der Waals surface area contributed by atoms with Crippen LogP contribution in [0.25, 0.3) is 0 Å². The number of Topliss-reactive ketones (excluding diaryl/α,β-unsaturated/α-hetero) is 2. The van der Waals surface area contributed by atoms with Gasteiger partial charge >= 0.3 is 5.97 Å². The van der Waals surface area contributed by atoms with E-state index in [-0.39, 0.29) is 41.3 Å². The number of aliphatic hydroxyl groups is 1. The van der Waals surface area contributed by atoms with Gasteiger partial charge in [0.25, 0.3) is 0 Å². The van der Waals surface area contributed by atoms with Crippen molar-refractivity contribution in [1.29, 1.82) is 0 Å². The van der Waals surface area contributed by atoms with Crippen molar-refractivity contribution >= 4 is 29.1 Å². The molecule has 1 aromatic carbocycles. The molecule has 0 saturated heterocycles. The van der Waals surface area contributed by atoms with Crippen molar-refractivity contribution in [3.05, 3.63) is 22.2 Å². The fourth-order valence-corrected chi connectivity index (χ4v) is 3.38. The first kappa shape index (κ1) is 20.2. The van der Waals surface area contributed by atoms with Crippen LogP contribution in [0.4, 0.5) is 0 Å². The van der Waals surface area contributed by atoms with Gasteiger partial charge in [0.2, 0.25) is 11.6 Å². The third kappa shape index (κ3) is 4.34. The average molecular weight is 385 g/mol. The Hall–Kier alpha value is -2.12. The van der Waals surface area contributed by atoms with E-state index in [4.69, 9.17) is 16.3 Å². The summed E-state index contributed by atoms with van der Waals surface area (Å²) >= 11 is 6.03. The molecular formula is C18H21ClO7. The Kier molecular flexibility index (Phi) is 6.26. The highest BCUT2D eigenvalue weighted by Crippen LogP contribution is 2.37. The number of ether oxygens (including phenoxy) is 1. The predicted molar refractivity (Wildman–Crippen MR) is 92.4 cm³/mol. The second-order valence-corrected chi connectivity index (χ2v) is 7.06. The number of hydrogen-bond acceptors (Lipinski definition) is 7. The van der Waals surface area contributed by atoms with Crippen molar-refractivity contribution < 1.29 is 34.4 Å². The number of halogens is 1. The van der Waals surface area contributed by atoms with Gasteiger partial charge in [0, 0.05) is 12.5 Å². The molecule has 2 unspecified atom stereocenters. The third-order valence-corrected chi connectivity index (χ3v) is 4.79. The number of fused-ring (bicyclic) bond motifs is 1. The molecule has 142 valence electrons. The average Bonchev–Trinajstić information content (AvgIpc) is 2.54. The van der Waals surface area contributed by atoms with Crippen molar-refractivity contribution in [2.24, 2.45) is 5.92 Å². The van der Waals surface area contributed by atoms with Gasteiger partial charge in [-0.1, -0.05) is 18.5 Å². The largest absolute Gasteiger partial charge is 0.507 e. The van der Waals surface area contributed by atoms with Crippen LogP contribution in [-0.4, -0.2) is 45.1 Å². The minimum Gasteiger partial charge on any atom is -0.507 e. The lowest BCUT2D eigenvalue weighted by Gasteiger charge is -2.20. The molecule has 0 aliphatic carbocycles. The zero-order valence-electron chi connectivity index (χ0n) is 14.5. The van der Waals surface area contributed by atoms with Crippen LogP contribution in [0.2, 0.25) is 5.02 Å². The molecule has 0 fully saturated rings. The van der Waals surface area contributed by atoms with Crippen LogP contribution in [-0.2, 0) is 20.7 Å². The van der Waals surface area contributed by atoms with Crippen molar-refractivity contribution in [2.75, 3.05) is 0 Å². The lowest BCUT2D eigenvalue weighted by atomic mass is 9.93. The summed E-state index contributed by atoms with van der Waals surface area (Å²) in [4.78, 5) is 36.6. The van der Waals surface area contributed by atoms with Crippen LogP contribution >= 0.6 is 11.6 Å². The fraction of sp³-hybridized carbons (Fsp3) is 0.500. The number of esters is 1. The monoisotopic (exact) mass is 384 g/mol. The molecule has 1 heterocycles. The summed E-state index contributed by atoms with van der Waals surface area (Å²) in [6, 6.07) is 0.921. The first-order chi connectivity index (χ1) is 12.1. The summed E-state index contributed by atoms with van der Waals surface area (Å²) in [5.74, 6) is -3.71. The molecule has 3 atom stereocenters. The highest BCUT2D eigenvalue weighted by molar-refractivity contribution is 6.39. The summed E-state index contributed by atoms with van der Waals surface area (Å²) in [6.45, 7) is 3.41. The number of carbonyl (C=O) groups excluding carboxylic acids is 3. The maximum Gasteiger partial charge on any atom is 0.342 e. The number of aliphatic hydroxyl groups excluding tert-OH is 1. The maximum absolute atomic E-state index is 12.5. The van der Waals surface area contributed by atoms with Gasteiger partial charge in [0.15, 0.2) is 0 Å². The number of benzene rings is 1. The van der Waals surface area contributed by atoms with Crippen LogP contribution in [0, 0.1) is 5.92 Å². The van der Waals surface area contributed by atoms with Gasteiger partial charge in [-0.3, -0.25) is 9.59 Å². The minimum atomic E-state index is -1.42. The first-order valence-corrected chi connectivity index (χ1v) is 8.69. The Morgan fingerprint density at radius 1 is 1.08 bits per heavy atom. The van der Waals surface area contributed by atoms with E-state index in [1.165, 1.54) is 0 Å². The smallest absolute Gasteiger partial charge is 0.342 e.